The van der Waals surface area contributed by atoms with Crippen LogP contribution in [0.4, 0.5) is 10.1 Å². The minimum Gasteiger partial charge on any atom is -0.481 e. The molecule has 0 aliphatic carbocycles. The van der Waals surface area contributed by atoms with Gasteiger partial charge in [0.2, 0.25) is 0 Å². The molecule has 0 aliphatic heterocycles. The monoisotopic (exact) mass is 259 g/mol. The molecule has 0 fully saturated rings. The number of aromatic nitrogens is 1. The minimum absolute atomic E-state index is 0.00904. The first-order valence-corrected chi connectivity index (χ1v) is 5.89. The molecule has 0 radical (unpaired) electrons. The van der Waals surface area contributed by atoms with E-state index < -0.39 is 10.9 Å². The Morgan fingerprint density at radius 3 is 3.00 bits per heavy atom. The standard InChI is InChI=1S/C9H13N3O4S/c1-6(3-2-4-8(13)14)11-9-10-5-7(17-9)12(15)16/h5-6H,2-4H2,1H3,(H,10,11)(H,13,14). The van der Waals surface area contributed by atoms with Gasteiger partial charge in [0.15, 0.2) is 5.13 Å². The largest absolute Gasteiger partial charge is 0.481 e. The second kappa shape index (κ2) is 6.14. The van der Waals surface area contributed by atoms with Crippen molar-refractivity contribution in [2.75, 3.05) is 5.32 Å². The third-order valence-corrected chi connectivity index (χ3v) is 2.95. The van der Waals surface area contributed by atoms with Gasteiger partial charge in [0.25, 0.3) is 0 Å². The second-order valence-electron chi connectivity index (χ2n) is 3.59. The predicted octanol–water partition coefficient (Wildman–Crippen LogP) is 2.11. The van der Waals surface area contributed by atoms with E-state index in [0.717, 1.165) is 11.3 Å². The van der Waals surface area contributed by atoms with Crippen LogP contribution in [0.15, 0.2) is 6.20 Å². The van der Waals surface area contributed by atoms with E-state index in [9.17, 15) is 14.9 Å². The van der Waals surface area contributed by atoms with Crippen LogP contribution in [0, 0.1) is 10.1 Å². The van der Waals surface area contributed by atoms with Crippen LogP contribution >= 0.6 is 11.3 Å². The number of hydrogen-bond acceptors (Lipinski definition) is 6. The average molecular weight is 259 g/mol. The Labute approximate surface area is 102 Å². The lowest BCUT2D eigenvalue weighted by Gasteiger charge is -2.11. The van der Waals surface area contributed by atoms with Crippen LogP contribution < -0.4 is 5.32 Å². The first-order chi connectivity index (χ1) is 7.99. The van der Waals surface area contributed by atoms with E-state index in [1.807, 2.05) is 6.92 Å². The first-order valence-electron chi connectivity index (χ1n) is 5.07. The molecule has 1 rings (SSSR count). The van der Waals surface area contributed by atoms with Gasteiger partial charge < -0.3 is 10.4 Å². The SMILES string of the molecule is CC(CCCC(=O)O)Nc1ncc([N+](=O)[O-])s1. The molecule has 0 spiro atoms. The number of nitrogens with one attached hydrogen (secondary N) is 1. The highest BCUT2D eigenvalue weighted by molar-refractivity contribution is 7.18. The van der Waals surface area contributed by atoms with Gasteiger partial charge in [-0.3, -0.25) is 14.9 Å². The van der Waals surface area contributed by atoms with Crippen LogP contribution in [0.25, 0.3) is 0 Å². The predicted molar refractivity (Wildman–Crippen MR) is 63.3 cm³/mol. The normalized spacial score (nSPS) is 12.1. The fourth-order valence-corrected chi connectivity index (χ4v) is 2.00. The van der Waals surface area contributed by atoms with Crippen LogP contribution in [0.5, 0.6) is 0 Å². The fraction of sp³-hybridized carbons (Fsp3) is 0.556. The maximum Gasteiger partial charge on any atom is 0.345 e. The molecule has 1 unspecified atom stereocenters. The third-order valence-electron chi connectivity index (χ3n) is 2.07. The highest BCUT2D eigenvalue weighted by Crippen LogP contribution is 2.25. The molecule has 0 amide bonds. The number of thiazole rings is 1. The lowest BCUT2D eigenvalue weighted by atomic mass is 10.1. The van der Waals surface area contributed by atoms with Crippen molar-refractivity contribution in [2.24, 2.45) is 0 Å². The summed E-state index contributed by atoms with van der Waals surface area (Å²) >= 11 is 0.971. The molecule has 0 saturated carbocycles. The third kappa shape index (κ3) is 4.77. The Morgan fingerprint density at radius 2 is 2.47 bits per heavy atom. The number of hydrogen-bond donors (Lipinski definition) is 2. The number of anilines is 1. The Kier molecular flexibility index (Phi) is 4.83. The topological polar surface area (TPSA) is 105 Å². The van der Waals surface area contributed by atoms with Crippen molar-refractivity contribution >= 4 is 27.4 Å². The Hall–Kier alpha value is -1.70. The van der Waals surface area contributed by atoms with Crippen molar-refractivity contribution in [2.45, 2.75) is 32.2 Å². The van der Waals surface area contributed by atoms with Crippen LogP contribution in [0.1, 0.15) is 26.2 Å². The summed E-state index contributed by atoms with van der Waals surface area (Å²) in [5, 5.41) is 22.4. The van der Waals surface area contributed by atoms with Crippen molar-refractivity contribution in [3.8, 4) is 0 Å². The molecule has 1 aromatic heterocycles. The summed E-state index contributed by atoms with van der Waals surface area (Å²) in [6, 6.07) is 0.0418. The summed E-state index contributed by atoms with van der Waals surface area (Å²) in [5.74, 6) is -0.818. The van der Waals surface area contributed by atoms with Crippen LogP contribution in [0.2, 0.25) is 0 Å². The number of carbonyl (C=O) groups is 1. The maximum atomic E-state index is 10.4. The average Bonchev–Trinajstić information content (AvgIpc) is 2.65. The highest BCUT2D eigenvalue weighted by Gasteiger charge is 2.13. The maximum absolute atomic E-state index is 10.4. The van der Waals surface area contributed by atoms with Gasteiger partial charge in [0.1, 0.15) is 6.20 Å². The van der Waals surface area contributed by atoms with Crippen LogP contribution in [0.3, 0.4) is 0 Å². The van der Waals surface area contributed by atoms with Crippen molar-refractivity contribution in [1.29, 1.82) is 0 Å². The molecule has 0 aromatic carbocycles. The fourth-order valence-electron chi connectivity index (χ4n) is 1.26. The van der Waals surface area contributed by atoms with Gasteiger partial charge in [0, 0.05) is 12.5 Å². The summed E-state index contributed by atoms with van der Waals surface area (Å²) < 4.78 is 0. The second-order valence-corrected chi connectivity index (χ2v) is 4.60. The molecule has 17 heavy (non-hydrogen) atoms. The van der Waals surface area contributed by atoms with E-state index in [1.165, 1.54) is 6.20 Å². The smallest absolute Gasteiger partial charge is 0.345 e. The number of aliphatic carboxylic acids is 1. The molecule has 7 nitrogen and oxygen atoms in total. The summed E-state index contributed by atoms with van der Waals surface area (Å²) in [5.41, 5.74) is 0. The molecule has 8 heteroatoms. The summed E-state index contributed by atoms with van der Waals surface area (Å²) in [7, 11) is 0. The summed E-state index contributed by atoms with van der Waals surface area (Å²) in [6.07, 6.45) is 2.58. The molecule has 0 bridgehead atoms. The lowest BCUT2D eigenvalue weighted by molar-refractivity contribution is -0.380. The minimum atomic E-state index is -0.818. The number of nitro groups is 1. The van der Waals surface area contributed by atoms with Crippen molar-refractivity contribution < 1.29 is 14.8 Å². The van der Waals surface area contributed by atoms with Gasteiger partial charge in [0.05, 0.1) is 4.92 Å². The molecule has 1 atom stereocenters. The zero-order valence-corrected chi connectivity index (χ0v) is 10.1. The first kappa shape index (κ1) is 13.4. The van der Waals surface area contributed by atoms with Gasteiger partial charge in [-0.25, -0.2) is 4.98 Å². The van der Waals surface area contributed by atoms with Crippen molar-refractivity contribution in [1.82, 2.24) is 4.98 Å². The summed E-state index contributed by atoms with van der Waals surface area (Å²) in [4.78, 5) is 24.1. The van der Waals surface area contributed by atoms with Crippen molar-refractivity contribution in [3.63, 3.8) is 0 Å². The Bertz CT molecular complexity index is 407. The van der Waals surface area contributed by atoms with E-state index in [1.54, 1.807) is 0 Å². The van der Waals surface area contributed by atoms with E-state index in [4.69, 9.17) is 5.11 Å². The van der Waals surface area contributed by atoms with Gasteiger partial charge in [-0.05, 0) is 31.1 Å². The Morgan fingerprint density at radius 1 is 1.76 bits per heavy atom. The summed E-state index contributed by atoms with van der Waals surface area (Å²) in [6.45, 7) is 1.88. The van der Waals surface area contributed by atoms with E-state index in [2.05, 4.69) is 10.3 Å². The number of rotatable bonds is 7. The molecule has 1 aromatic rings. The zero-order chi connectivity index (χ0) is 12.8. The van der Waals surface area contributed by atoms with Gasteiger partial charge >= 0.3 is 11.0 Å². The van der Waals surface area contributed by atoms with Gasteiger partial charge in [-0.1, -0.05) is 0 Å². The number of carboxylic acids is 1. The lowest BCUT2D eigenvalue weighted by Crippen LogP contribution is -2.15. The number of nitrogens with zero attached hydrogens (tertiary/aromatic N) is 2. The molecule has 0 saturated heterocycles. The quantitative estimate of drug-likeness (QED) is 0.573. The van der Waals surface area contributed by atoms with Crippen molar-refractivity contribution in [3.05, 3.63) is 16.3 Å². The molecular weight excluding hydrogens is 246 g/mol. The molecule has 0 aliphatic rings. The molecule has 94 valence electrons. The Balaban J connectivity index is 2.36. The van der Waals surface area contributed by atoms with E-state index in [-0.39, 0.29) is 17.5 Å². The molecular formula is C9H13N3O4S. The van der Waals surface area contributed by atoms with Gasteiger partial charge in [-0.2, -0.15) is 0 Å². The van der Waals surface area contributed by atoms with E-state index >= 15 is 0 Å². The highest BCUT2D eigenvalue weighted by atomic mass is 32.1. The molecule has 1 heterocycles. The number of carboxylic acid groups (broad SMARTS) is 1. The van der Waals surface area contributed by atoms with Crippen LogP contribution in [-0.2, 0) is 4.79 Å². The molecule has 2 N–H and O–H groups in total. The van der Waals surface area contributed by atoms with Gasteiger partial charge in [-0.15, -0.1) is 0 Å². The van der Waals surface area contributed by atoms with Crippen LogP contribution in [-0.4, -0.2) is 27.0 Å². The van der Waals surface area contributed by atoms with E-state index in [0.29, 0.717) is 18.0 Å². The zero-order valence-electron chi connectivity index (χ0n) is 9.25.